The van der Waals surface area contributed by atoms with E-state index in [1.54, 1.807) is 13.8 Å². The monoisotopic (exact) mass is 227 g/mol. The Labute approximate surface area is 93.9 Å². The summed E-state index contributed by atoms with van der Waals surface area (Å²) in [5.74, 6) is 0.417. The first-order valence-corrected chi connectivity index (χ1v) is 5.25. The predicted molar refractivity (Wildman–Crippen MR) is 56.6 cm³/mol. The number of tetrazole rings is 1. The fraction of sp³-hybridized carbons (Fsp3) is 0.778. The molecule has 1 aromatic rings. The van der Waals surface area contributed by atoms with Crippen molar-refractivity contribution in [3.8, 4) is 0 Å². The molecule has 1 aromatic heterocycles. The molecule has 0 saturated carbocycles. The predicted octanol–water partition coefficient (Wildman–Crippen LogP) is 0.961. The smallest absolute Gasteiger partial charge is 0.407 e. The Morgan fingerprint density at radius 1 is 1.56 bits per heavy atom. The summed E-state index contributed by atoms with van der Waals surface area (Å²) in [7, 11) is 0. The normalized spacial score (nSPS) is 11.2. The van der Waals surface area contributed by atoms with Crippen molar-refractivity contribution in [3.05, 3.63) is 5.82 Å². The van der Waals surface area contributed by atoms with E-state index in [4.69, 9.17) is 4.74 Å². The van der Waals surface area contributed by atoms with Crippen LogP contribution in [0, 0.1) is 0 Å². The van der Waals surface area contributed by atoms with Gasteiger partial charge in [0.15, 0.2) is 5.82 Å². The van der Waals surface area contributed by atoms with Gasteiger partial charge in [-0.15, -0.1) is 10.2 Å². The van der Waals surface area contributed by atoms with Crippen molar-refractivity contribution in [1.82, 2.24) is 25.9 Å². The molecule has 0 fully saturated rings. The van der Waals surface area contributed by atoms with Gasteiger partial charge in [0.05, 0.1) is 6.61 Å². The SMILES string of the molecule is CCCCOC(=O)NC(C)(C)c1nn[nH]n1. The maximum Gasteiger partial charge on any atom is 0.407 e. The number of carbonyl (C=O) groups is 1. The highest BCUT2D eigenvalue weighted by atomic mass is 16.5. The Morgan fingerprint density at radius 3 is 2.88 bits per heavy atom. The first kappa shape index (κ1) is 12.4. The van der Waals surface area contributed by atoms with Crippen molar-refractivity contribution in [2.24, 2.45) is 0 Å². The summed E-state index contributed by atoms with van der Waals surface area (Å²) in [6.45, 7) is 6.01. The second-order valence-corrected chi connectivity index (χ2v) is 3.97. The number of unbranched alkanes of at least 4 members (excludes halogenated alkanes) is 1. The van der Waals surface area contributed by atoms with E-state index in [9.17, 15) is 4.79 Å². The molecule has 90 valence electrons. The summed E-state index contributed by atoms with van der Waals surface area (Å²) in [5, 5.41) is 16.1. The highest BCUT2D eigenvalue weighted by Gasteiger charge is 2.27. The molecule has 0 radical (unpaired) electrons. The molecule has 1 rings (SSSR count). The average molecular weight is 227 g/mol. The first-order valence-electron chi connectivity index (χ1n) is 5.25. The van der Waals surface area contributed by atoms with Gasteiger partial charge in [-0.2, -0.15) is 5.21 Å². The lowest BCUT2D eigenvalue weighted by molar-refractivity contribution is 0.133. The number of hydrogen-bond acceptors (Lipinski definition) is 5. The van der Waals surface area contributed by atoms with Crippen molar-refractivity contribution >= 4 is 6.09 Å². The van der Waals surface area contributed by atoms with Crippen LogP contribution in [0.25, 0.3) is 0 Å². The minimum Gasteiger partial charge on any atom is -0.450 e. The molecule has 0 aliphatic heterocycles. The van der Waals surface area contributed by atoms with Crippen LogP contribution < -0.4 is 5.32 Å². The van der Waals surface area contributed by atoms with Gasteiger partial charge >= 0.3 is 6.09 Å². The third-order valence-corrected chi connectivity index (χ3v) is 2.05. The lowest BCUT2D eigenvalue weighted by Gasteiger charge is -2.21. The fourth-order valence-electron chi connectivity index (χ4n) is 1.08. The number of aromatic nitrogens is 4. The Hall–Kier alpha value is -1.66. The van der Waals surface area contributed by atoms with Crippen molar-refractivity contribution in [3.63, 3.8) is 0 Å². The highest BCUT2D eigenvalue weighted by Crippen LogP contribution is 2.13. The summed E-state index contributed by atoms with van der Waals surface area (Å²) in [5.41, 5.74) is -0.698. The van der Waals surface area contributed by atoms with Crippen molar-refractivity contribution < 1.29 is 9.53 Å². The standard InChI is InChI=1S/C9H17N5O2/c1-4-5-6-16-8(15)10-9(2,3)7-11-13-14-12-7/h4-6H2,1-3H3,(H,10,15)(H,11,12,13,14). The zero-order chi connectivity index (χ0) is 12.0. The molecular formula is C9H17N5O2. The number of carbonyl (C=O) groups excluding carboxylic acids is 1. The van der Waals surface area contributed by atoms with Gasteiger partial charge in [0.2, 0.25) is 0 Å². The van der Waals surface area contributed by atoms with Crippen molar-refractivity contribution in [2.75, 3.05) is 6.61 Å². The second kappa shape index (κ2) is 5.43. The van der Waals surface area contributed by atoms with Crippen LogP contribution in [0.1, 0.15) is 39.4 Å². The summed E-state index contributed by atoms with van der Waals surface area (Å²) >= 11 is 0. The Morgan fingerprint density at radius 2 is 2.31 bits per heavy atom. The Balaban J connectivity index is 2.43. The van der Waals surface area contributed by atoms with E-state index in [1.807, 2.05) is 6.92 Å². The summed E-state index contributed by atoms with van der Waals surface area (Å²) in [6, 6.07) is 0. The molecule has 0 bridgehead atoms. The quantitative estimate of drug-likeness (QED) is 0.731. The van der Waals surface area contributed by atoms with Crippen molar-refractivity contribution in [1.29, 1.82) is 0 Å². The van der Waals surface area contributed by atoms with E-state index in [0.717, 1.165) is 12.8 Å². The molecule has 0 saturated heterocycles. The molecule has 0 atom stereocenters. The molecule has 7 heteroatoms. The summed E-state index contributed by atoms with van der Waals surface area (Å²) < 4.78 is 4.98. The lowest BCUT2D eigenvalue weighted by Crippen LogP contribution is -2.42. The van der Waals surface area contributed by atoms with Crippen LogP contribution >= 0.6 is 0 Å². The molecule has 0 aliphatic rings. The van der Waals surface area contributed by atoms with Crippen LogP contribution in [0.5, 0.6) is 0 Å². The van der Waals surface area contributed by atoms with Gasteiger partial charge in [0.1, 0.15) is 5.54 Å². The van der Waals surface area contributed by atoms with Crippen LogP contribution in [0.3, 0.4) is 0 Å². The molecular weight excluding hydrogens is 210 g/mol. The van der Waals surface area contributed by atoms with Crippen LogP contribution in [-0.4, -0.2) is 33.3 Å². The number of nitrogens with zero attached hydrogens (tertiary/aromatic N) is 3. The van der Waals surface area contributed by atoms with E-state index in [2.05, 4.69) is 25.9 Å². The van der Waals surface area contributed by atoms with E-state index in [-0.39, 0.29) is 0 Å². The number of H-pyrrole nitrogens is 1. The molecule has 1 amide bonds. The number of alkyl carbamates (subject to hydrolysis) is 1. The van der Waals surface area contributed by atoms with Crippen LogP contribution in [0.15, 0.2) is 0 Å². The van der Waals surface area contributed by atoms with Crippen LogP contribution in [0.4, 0.5) is 4.79 Å². The van der Waals surface area contributed by atoms with Gasteiger partial charge in [-0.25, -0.2) is 4.79 Å². The summed E-state index contributed by atoms with van der Waals surface area (Å²) in [4.78, 5) is 11.4. The lowest BCUT2D eigenvalue weighted by atomic mass is 10.1. The van der Waals surface area contributed by atoms with Gasteiger partial charge in [0.25, 0.3) is 0 Å². The number of ether oxygens (including phenoxy) is 1. The number of rotatable bonds is 5. The number of amides is 1. The second-order valence-electron chi connectivity index (χ2n) is 3.97. The van der Waals surface area contributed by atoms with Gasteiger partial charge in [-0.3, -0.25) is 0 Å². The molecule has 7 nitrogen and oxygen atoms in total. The molecule has 1 heterocycles. The molecule has 0 aromatic carbocycles. The Kier molecular flexibility index (Phi) is 4.21. The molecule has 16 heavy (non-hydrogen) atoms. The van der Waals surface area contributed by atoms with Gasteiger partial charge < -0.3 is 10.1 Å². The Bertz CT molecular complexity index is 323. The molecule has 0 spiro atoms. The zero-order valence-corrected chi connectivity index (χ0v) is 9.78. The third-order valence-electron chi connectivity index (χ3n) is 2.05. The minimum atomic E-state index is -0.698. The maximum absolute atomic E-state index is 11.4. The summed E-state index contributed by atoms with van der Waals surface area (Å²) in [6.07, 6.45) is 1.38. The number of aromatic amines is 1. The average Bonchev–Trinajstić information content (AvgIpc) is 2.70. The fourth-order valence-corrected chi connectivity index (χ4v) is 1.08. The molecule has 2 N–H and O–H groups in total. The van der Waals surface area contributed by atoms with E-state index < -0.39 is 11.6 Å². The maximum atomic E-state index is 11.4. The number of hydrogen-bond donors (Lipinski definition) is 2. The molecule has 0 unspecified atom stereocenters. The van der Waals surface area contributed by atoms with Crippen LogP contribution in [-0.2, 0) is 10.3 Å². The highest BCUT2D eigenvalue weighted by molar-refractivity contribution is 5.68. The van der Waals surface area contributed by atoms with Gasteiger partial charge in [-0.1, -0.05) is 18.6 Å². The largest absolute Gasteiger partial charge is 0.450 e. The van der Waals surface area contributed by atoms with Gasteiger partial charge in [-0.05, 0) is 20.3 Å². The van der Waals surface area contributed by atoms with Crippen molar-refractivity contribution in [2.45, 2.75) is 39.2 Å². The zero-order valence-electron chi connectivity index (χ0n) is 9.78. The van der Waals surface area contributed by atoms with E-state index >= 15 is 0 Å². The first-order chi connectivity index (χ1) is 7.56. The number of nitrogens with one attached hydrogen (secondary N) is 2. The topological polar surface area (TPSA) is 92.8 Å². The van der Waals surface area contributed by atoms with E-state index in [0.29, 0.717) is 12.4 Å². The third kappa shape index (κ3) is 3.48. The van der Waals surface area contributed by atoms with E-state index in [1.165, 1.54) is 0 Å². The van der Waals surface area contributed by atoms with Gasteiger partial charge in [0, 0.05) is 0 Å². The molecule has 0 aliphatic carbocycles. The van der Waals surface area contributed by atoms with Crippen LogP contribution in [0.2, 0.25) is 0 Å². The minimum absolute atomic E-state index is 0.417.